The molecule has 0 unspecified atom stereocenters. The van der Waals surface area contributed by atoms with E-state index in [2.05, 4.69) is 0 Å². The molecule has 0 aliphatic carbocycles. The highest BCUT2D eigenvalue weighted by molar-refractivity contribution is 7.99. The molecule has 1 aliphatic rings. The van der Waals surface area contributed by atoms with E-state index in [1.165, 1.54) is 6.07 Å². The smallest absolute Gasteiger partial charge is 0.251 e. The molecule has 1 aromatic carbocycles. The maximum absolute atomic E-state index is 12.4. The number of benzene rings is 1. The molecule has 2 aromatic rings. The second-order valence-corrected chi connectivity index (χ2v) is 5.17. The lowest BCUT2D eigenvalue weighted by Gasteiger charge is -2.07. The fourth-order valence-corrected chi connectivity index (χ4v) is 3.20. The fourth-order valence-electron chi connectivity index (χ4n) is 2.08. The highest BCUT2D eigenvalue weighted by Crippen LogP contribution is 2.28. The topological polar surface area (TPSA) is 39.1 Å². The van der Waals surface area contributed by atoms with Crippen LogP contribution in [0.1, 0.15) is 15.9 Å². The minimum absolute atomic E-state index is 0.0197. The maximum Gasteiger partial charge on any atom is 0.251 e. The lowest BCUT2D eigenvalue weighted by Crippen LogP contribution is -2.20. The van der Waals surface area contributed by atoms with E-state index in [0.717, 1.165) is 10.8 Å². The highest BCUT2D eigenvalue weighted by Gasteiger charge is 2.21. The predicted octanol–water partition coefficient (Wildman–Crippen LogP) is 2.18. The lowest BCUT2D eigenvalue weighted by molar-refractivity contribution is 0.103. The molecule has 2 heterocycles. The van der Waals surface area contributed by atoms with Gasteiger partial charge in [-0.15, -0.1) is 11.8 Å². The van der Waals surface area contributed by atoms with Crippen molar-refractivity contribution in [2.24, 2.45) is 0 Å². The largest absolute Gasteiger partial charge is 0.302 e. The van der Waals surface area contributed by atoms with Gasteiger partial charge in [0.1, 0.15) is 0 Å². The van der Waals surface area contributed by atoms with Crippen molar-refractivity contribution in [1.29, 1.82) is 0 Å². The van der Waals surface area contributed by atoms with Crippen molar-refractivity contribution in [2.45, 2.75) is 11.6 Å². The zero-order chi connectivity index (χ0) is 12.5. The molecule has 1 aliphatic heterocycles. The van der Waals surface area contributed by atoms with Crippen molar-refractivity contribution in [1.82, 2.24) is 4.57 Å². The Morgan fingerprint density at radius 3 is 2.67 bits per heavy atom. The van der Waals surface area contributed by atoms with Crippen molar-refractivity contribution in [3.63, 3.8) is 0 Å². The molecule has 0 saturated carbocycles. The third-order valence-corrected chi connectivity index (χ3v) is 4.07. The number of ketones is 1. The number of pyridine rings is 1. The van der Waals surface area contributed by atoms with Gasteiger partial charge in [0.2, 0.25) is 0 Å². The number of thioether (sulfide) groups is 1. The highest BCUT2D eigenvalue weighted by atomic mass is 32.2. The van der Waals surface area contributed by atoms with E-state index >= 15 is 0 Å². The Bertz CT molecular complexity index is 661. The zero-order valence-electron chi connectivity index (χ0n) is 9.63. The van der Waals surface area contributed by atoms with Crippen molar-refractivity contribution in [3.8, 4) is 0 Å². The summed E-state index contributed by atoms with van der Waals surface area (Å²) in [5.41, 5.74) is 1.26. The average molecular weight is 257 g/mol. The fraction of sp³-hybridized carbons (Fsp3) is 0.143. The maximum atomic E-state index is 12.4. The van der Waals surface area contributed by atoms with Crippen molar-refractivity contribution >= 4 is 17.5 Å². The Kier molecular flexibility index (Phi) is 2.80. The number of aromatic nitrogens is 1. The van der Waals surface area contributed by atoms with E-state index in [0.29, 0.717) is 17.7 Å². The van der Waals surface area contributed by atoms with Crippen LogP contribution in [-0.4, -0.2) is 16.1 Å². The summed E-state index contributed by atoms with van der Waals surface area (Å²) in [5.74, 6) is 0.836. The quantitative estimate of drug-likeness (QED) is 0.774. The number of hydrogen-bond acceptors (Lipinski definition) is 3. The summed E-state index contributed by atoms with van der Waals surface area (Å²) in [6.45, 7) is 0.689. The van der Waals surface area contributed by atoms with E-state index in [4.69, 9.17) is 0 Å². The second-order valence-electron chi connectivity index (χ2n) is 4.09. The molecule has 0 fully saturated rings. The molecule has 3 rings (SSSR count). The minimum Gasteiger partial charge on any atom is -0.302 e. The van der Waals surface area contributed by atoms with Crippen LogP contribution < -0.4 is 5.56 Å². The van der Waals surface area contributed by atoms with Gasteiger partial charge >= 0.3 is 0 Å². The number of carbonyl (C=O) groups is 1. The van der Waals surface area contributed by atoms with E-state index in [9.17, 15) is 9.59 Å². The first-order valence-electron chi connectivity index (χ1n) is 5.74. The molecule has 18 heavy (non-hydrogen) atoms. The third-order valence-electron chi connectivity index (χ3n) is 2.97. The Hall–Kier alpha value is -1.81. The number of hydrogen-bond donors (Lipinski definition) is 0. The van der Waals surface area contributed by atoms with Gasteiger partial charge in [0.15, 0.2) is 5.78 Å². The van der Waals surface area contributed by atoms with E-state index < -0.39 is 0 Å². The summed E-state index contributed by atoms with van der Waals surface area (Å²) < 4.78 is 1.68. The normalized spacial score (nSPS) is 13.3. The molecule has 0 bridgehead atoms. The van der Waals surface area contributed by atoms with Gasteiger partial charge < -0.3 is 4.57 Å². The molecular formula is C14H11NO2S. The Morgan fingerprint density at radius 2 is 1.89 bits per heavy atom. The van der Waals surface area contributed by atoms with Gasteiger partial charge in [-0.3, -0.25) is 9.59 Å². The summed E-state index contributed by atoms with van der Waals surface area (Å²) in [6.07, 6.45) is 0. The number of fused-ring (bicyclic) bond motifs is 1. The Morgan fingerprint density at radius 1 is 1.11 bits per heavy atom. The lowest BCUT2D eigenvalue weighted by atomic mass is 10.1. The molecule has 0 spiro atoms. The summed E-state index contributed by atoms with van der Waals surface area (Å²) in [5, 5.41) is 0.802. The summed E-state index contributed by atoms with van der Waals surface area (Å²) in [7, 11) is 0. The Balaban J connectivity index is 2.12. The molecule has 0 N–H and O–H groups in total. The monoisotopic (exact) mass is 257 g/mol. The van der Waals surface area contributed by atoms with Gasteiger partial charge in [-0.2, -0.15) is 0 Å². The van der Waals surface area contributed by atoms with Crippen LogP contribution in [-0.2, 0) is 6.54 Å². The molecule has 4 heteroatoms. The minimum atomic E-state index is -0.0281. The zero-order valence-corrected chi connectivity index (χ0v) is 10.4. The third kappa shape index (κ3) is 1.78. The van der Waals surface area contributed by atoms with Crippen LogP contribution in [0, 0.1) is 0 Å². The van der Waals surface area contributed by atoms with Gasteiger partial charge in [0.25, 0.3) is 5.56 Å². The summed E-state index contributed by atoms with van der Waals surface area (Å²) in [4.78, 5) is 24.0. The first-order chi connectivity index (χ1) is 8.77. The molecule has 0 saturated heterocycles. The summed E-state index contributed by atoms with van der Waals surface area (Å²) >= 11 is 1.57. The van der Waals surface area contributed by atoms with Crippen molar-refractivity contribution < 1.29 is 4.79 Å². The average Bonchev–Trinajstić information content (AvgIpc) is 2.90. The van der Waals surface area contributed by atoms with E-state index in [-0.39, 0.29) is 11.3 Å². The second kappa shape index (κ2) is 4.46. The molecule has 90 valence electrons. The van der Waals surface area contributed by atoms with Crippen LogP contribution in [0.15, 0.2) is 52.3 Å². The van der Waals surface area contributed by atoms with Gasteiger partial charge in [0, 0.05) is 23.9 Å². The van der Waals surface area contributed by atoms with E-state index in [1.807, 2.05) is 18.2 Å². The van der Waals surface area contributed by atoms with Crippen LogP contribution in [0.2, 0.25) is 0 Å². The van der Waals surface area contributed by atoms with Crippen molar-refractivity contribution in [2.75, 3.05) is 5.75 Å². The molecule has 3 nitrogen and oxygen atoms in total. The van der Waals surface area contributed by atoms with Gasteiger partial charge in [-0.1, -0.05) is 30.3 Å². The first-order valence-corrected chi connectivity index (χ1v) is 6.72. The predicted molar refractivity (Wildman–Crippen MR) is 71.3 cm³/mol. The molecule has 0 amide bonds. The molecule has 0 atom stereocenters. The number of carbonyl (C=O) groups excluding carboxylic acids is 1. The number of nitrogens with zero attached hydrogens (tertiary/aromatic N) is 1. The van der Waals surface area contributed by atoms with Gasteiger partial charge in [-0.05, 0) is 6.07 Å². The Labute approximate surface area is 108 Å². The molecule has 1 aromatic heterocycles. The van der Waals surface area contributed by atoms with Gasteiger partial charge in [-0.25, -0.2) is 0 Å². The first kappa shape index (κ1) is 11.3. The van der Waals surface area contributed by atoms with Gasteiger partial charge in [0.05, 0.1) is 10.6 Å². The van der Waals surface area contributed by atoms with Crippen LogP contribution in [0.3, 0.4) is 0 Å². The van der Waals surface area contributed by atoms with Crippen LogP contribution in [0.5, 0.6) is 0 Å². The molecule has 0 radical (unpaired) electrons. The number of rotatable bonds is 2. The van der Waals surface area contributed by atoms with Crippen molar-refractivity contribution in [3.05, 3.63) is 63.9 Å². The van der Waals surface area contributed by atoms with Crippen LogP contribution >= 0.6 is 11.8 Å². The van der Waals surface area contributed by atoms with E-state index in [1.54, 1.807) is 34.5 Å². The summed E-state index contributed by atoms with van der Waals surface area (Å²) in [6, 6.07) is 12.3. The standard InChI is InChI=1S/C14H11NO2S/c16-12-7-6-11(14-15(12)8-9-18-14)13(17)10-4-2-1-3-5-10/h1-7H,8-9H2. The SMILES string of the molecule is O=C(c1ccccc1)c1ccc(=O)n2c1SCC2. The molecular weight excluding hydrogens is 246 g/mol. The van der Waals surface area contributed by atoms with Crippen LogP contribution in [0.4, 0.5) is 0 Å². The van der Waals surface area contributed by atoms with Crippen LogP contribution in [0.25, 0.3) is 0 Å².